The lowest BCUT2D eigenvalue weighted by Crippen LogP contribution is -2.25. The fraction of sp³-hybridized carbons (Fsp3) is 0.364. The van der Waals surface area contributed by atoms with Gasteiger partial charge in [-0.3, -0.25) is 4.79 Å². The van der Waals surface area contributed by atoms with Crippen molar-refractivity contribution in [2.75, 3.05) is 0 Å². The predicted molar refractivity (Wildman–Crippen MR) is 54.3 cm³/mol. The molecule has 0 bridgehead atoms. The van der Waals surface area contributed by atoms with E-state index < -0.39 is 0 Å². The van der Waals surface area contributed by atoms with Crippen LogP contribution in [0.5, 0.6) is 0 Å². The summed E-state index contributed by atoms with van der Waals surface area (Å²) in [6.07, 6.45) is 2.30. The van der Waals surface area contributed by atoms with Crippen molar-refractivity contribution in [1.82, 2.24) is 4.90 Å². The molecule has 1 aliphatic heterocycles. The number of nitrogens with zero attached hydrogens (tertiary/aromatic N) is 1. The van der Waals surface area contributed by atoms with Gasteiger partial charge in [-0.15, -0.1) is 0 Å². The standard InChI is InChI=1S/C11H10ClNO/c12-9-3-1-2-7-6-13(8-4-5-8)11(14)10(7)9/h1-3,8H,4-6H2. The van der Waals surface area contributed by atoms with E-state index in [9.17, 15) is 4.79 Å². The van der Waals surface area contributed by atoms with Gasteiger partial charge in [-0.25, -0.2) is 0 Å². The zero-order valence-corrected chi connectivity index (χ0v) is 8.42. The maximum Gasteiger partial charge on any atom is 0.256 e. The number of halogens is 1. The highest BCUT2D eigenvalue weighted by Crippen LogP contribution is 2.36. The molecule has 72 valence electrons. The third-order valence-electron chi connectivity index (χ3n) is 2.90. The molecule has 1 aliphatic carbocycles. The van der Waals surface area contributed by atoms with Crippen molar-refractivity contribution in [3.05, 3.63) is 34.3 Å². The summed E-state index contributed by atoms with van der Waals surface area (Å²) < 4.78 is 0. The quantitative estimate of drug-likeness (QED) is 0.693. The SMILES string of the molecule is O=C1c2c(Cl)cccc2CN1C1CC1. The Hall–Kier alpha value is -1.02. The molecule has 1 aromatic rings. The van der Waals surface area contributed by atoms with Crippen molar-refractivity contribution in [3.8, 4) is 0 Å². The van der Waals surface area contributed by atoms with E-state index in [0.717, 1.165) is 30.5 Å². The molecular weight excluding hydrogens is 198 g/mol. The summed E-state index contributed by atoms with van der Waals surface area (Å²) in [7, 11) is 0. The van der Waals surface area contributed by atoms with Crippen LogP contribution in [0.2, 0.25) is 5.02 Å². The van der Waals surface area contributed by atoms with Crippen LogP contribution >= 0.6 is 11.6 Å². The maximum atomic E-state index is 11.9. The number of amides is 1. The third kappa shape index (κ3) is 1.07. The predicted octanol–water partition coefficient (Wildman–Crippen LogP) is 2.46. The Morgan fingerprint density at radius 2 is 2.14 bits per heavy atom. The van der Waals surface area contributed by atoms with Crippen LogP contribution in [0.15, 0.2) is 18.2 Å². The second kappa shape index (κ2) is 2.74. The van der Waals surface area contributed by atoms with Gasteiger partial charge < -0.3 is 4.90 Å². The Morgan fingerprint density at radius 3 is 2.79 bits per heavy atom. The molecule has 0 saturated heterocycles. The molecule has 0 aromatic heterocycles. The van der Waals surface area contributed by atoms with Crippen LogP contribution in [-0.4, -0.2) is 16.8 Å². The van der Waals surface area contributed by atoms with Crippen molar-refractivity contribution in [2.45, 2.75) is 25.4 Å². The number of rotatable bonds is 1. The van der Waals surface area contributed by atoms with E-state index in [0.29, 0.717) is 11.1 Å². The van der Waals surface area contributed by atoms with Crippen LogP contribution in [0.25, 0.3) is 0 Å². The minimum atomic E-state index is 0.119. The van der Waals surface area contributed by atoms with Crippen LogP contribution in [-0.2, 0) is 6.54 Å². The van der Waals surface area contributed by atoms with Gasteiger partial charge in [0.2, 0.25) is 0 Å². The van der Waals surface area contributed by atoms with E-state index in [1.165, 1.54) is 0 Å². The van der Waals surface area contributed by atoms with E-state index in [-0.39, 0.29) is 5.91 Å². The monoisotopic (exact) mass is 207 g/mol. The fourth-order valence-corrected chi connectivity index (χ4v) is 2.30. The van der Waals surface area contributed by atoms with E-state index in [1.807, 2.05) is 17.0 Å². The fourth-order valence-electron chi connectivity index (χ4n) is 2.02. The minimum Gasteiger partial charge on any atom is -0.331 e. The van der Waals surface area contributed by atoms with Gasteiger partial charge in [-0.05, 0) is 24.5 Å². The first kappa shape index (κ1) is 8.30. The summed E-state index contributed by atoms with van der Waals surface area (Å²) in [6.45, 7) is 0.749. The normalized spacial score (nSPS) is 20.1. The summed E-state index contributed by atoms with van der Waals surface area (Å²) in [4.78, 5) is 13.9. The van der Waals surface area contributed by atoms with Gasteiger partial charge in [0.15, 0.2) is 0 Å². The number of carbonyl (C=O) groups excluding carboxylic acids is 1. The summed E-state index contributed by atoms with van der Waals surface area (Å²) in [6, 6.07) is 6.16. The molecule has 2 aliphatic rings. The van der Waals surface area contributed by atoms with Crippen molar-refractivity contribution < 1.29 is 4.79 Å². The van der Waals surface area contributed by atoms with E-state index in [1.54, 1.807) is 6.07 Å². The maximum absolute atomic E-state index is 11.9. The molecule has 1 saturated carbocycles. The summed E-state index contributed by atoms with van der Waals surface area (Å²) >= 11 is 6.01. The highest BCUT2D eigenvalue weighted by molar-refractivity contribution is 6.34. The van der Waals surface area contributed by atoms with Crippen molar-refractivity contribution in [3.63, 3.8) is 0 Å². The molecule has 0 N–H and O–H groups in total. The highest BCUT2D eigenvalue weighted by Gasteiger charge is 2.38. The van der Waals surface area contributed by atoms with Crippen molar-refractivity contribution in [1.29, 1.82) is 0 Å². The Bertz CT molecular complexity index is 412. The molecule has 0 atom stereocenters. The molecular formula is C11H10ClNO. The van der Waals surface area contributed by atoms with Gasteiger partial charge >= 0.3 is 0 Å². The van der Waals surface area contributed by atoms with Crippen molar-refractivity contribution >= 4 is 17.5 Å². The van der Waals surface area contributed by atoms with Crippen LogP contribution in [0.4, 0.5) is 0 Å². The lowest BCUT2D eigenvalue weighted by molar-refractivity contribution is 0.0767. The smallest absolute Gasteiger partial charge is 0.256 e. The molecule has 1 aromatic carbocycles. The molecule has 1 amide bonds. The second-order valence-electron chi connectivity index (χ2n) is 3.94. The average molecular weight is 208 g/mol. The number of hydrogen-bond acceptors (Lipinski definition) is 1. The summed E-state index contributed by atoms with van der Waals surface area (Å²) in [5, 5.41) is 0.593. The number of benzene rings is 1. The Morgan fingerprint density at radius 1 is 1.36 bits per heavy atom. The number of fused-ring (bicyclic) bond motifs is 1. The molecule has 14 heavy (non-hydrogen) atoms. The van der Waals surface area contributed by atoms with Gasteiger partial charge in [0, 0.05) is 12.6 Å². The van der Waals surface area contributed by atoms with Crippen LogP contribution in [0, 0.1) is 0 Å². The first-order valence-electron chi connectivity index (χ1n) is 4.86. The number of carbonyl (C=O) groups is 1. The van der Waals surface area contributed by atoms with Gasteiger partial charge in [0.25, 0.3) is 5.91 Å². The molecule has 0 spiro atoms. The molecule has 0 radical (unpaired) electrons. The Balaban J connectivity index is 2.06. The lowest BCUT2D eigenvalue weighted by Gasteiger charge is -2.13. The topological polar surface area (TPSA) is 20.3 Å². The molecule has 0 unspecified atom stereocenters. The summed E-state index contributed by atoms with van der Waals surface area (Å²) in [5.74, 6) is 0.119. The first-order valence-corrected chi connectivity index (χ1v) is 5.23. The van der Waals surface area contributed by atoms with Gasteiger partial charge in [0.05, 0.1) is 10.6 Å². The molecule has 3 rings (SSSR count). The van der Waals surface area contributed by atoms with Crippen molar-refractivity contribution in [2.24, 2.45) is 0 Å². The zero-order valence-electron chi connectivity index (χ0n) is 7.66. The average Bonchev–Trinajstić information content (AvgIpc) is 2.93. The minimum absolute atomic E-state index is 0.119. The van der Waals surface area contributed by atoms with Gasteiger partial charge in [-0.2, -0.15) is 0 Å². The van der Waals surface area contributed by atoms with Crippen LogP contribution in [0.3, 0.4) is 0 Å². The first-order chi connectivity index (χ1) is 6.77. The zero-order chi connectivity index (χ0) is 9.71. The lowest BCUT2D eigenvalue weighted by atomic mass is 10.1. The second-order valence-corrected chi connectivity index (χ2v) is 4.35. The molecule has 1 heterocycles. The molecule has 3 heteroatoms. The van der Waals surface area contributed by atoms with Crippen LogP contribution < -0.4 is 0 Å². The largest absolute Gasteiger partial charge is 0.331 e. The Labute approximate surface area is 87.5 Å². The molecule has 2 nitrogen and oxygen atoms in total. The highest BCUT2D eigenvalue weighted by atomic mass is 35.5. The van der Waals surface area contributed by atoms with E-state index in [2.05, 4.69) is 0 Å². The van der Waals surface area contributed by atoms with Gasteiger partial charge in [-0.1, -0.05) is 23.7 Å². The third-order valence-corrected chi connectivity index (χ3v) is 3.22. The number of hydrogen-bond donors (Lipinski definition) is 0. The van der Waals surface area contributed by atoms with E-state index in [4.69, 9.17) is 11.6 Å². The Kier molecular flexibility index (Phi) is 1.62. The summed E-state index contributed by atoms with van der Waals surface area (Å²) in [5.41, 5.74) is 1.80. The van der Waals surface area contributed by atoms with Gasteiger partial charge in [0.1, 0.15) is 0 Å². The van der Waals surface area contributed by atoms with Crippen LogP contribution in [0.1, 0.15) is 28.8 Å². The molecule has 1 fully saturated rings. The van der Waals surface area contributed by atoms with E-state index >= 15 is 0 Å².